The van der Waals surface area contributed by atoms with Gasteiger partial charge in [-0.15, -0.1) is 0 Å². The highest BCUT2D eigenvalue weighted by molar-refractivity contribution is 6.11. The number of rotatable bonds is 5. The minimum Gasteiger partial charge on any atom is -0.456 e. The van der Waals surface area contributed by atoms with Crippen molar-refractivity contribution >= 4 is 60.5 Å². The van der Waals surface area contributed by atoms with Gasteiger partial charge in [-0.05, 0) is 81.4 Å². The summed E-state index contributed by atoms with van der Waals surface area (Å²) in [7, 11) is 0. The molecule has 2 nitrogen and oxygen atoms in total. The largest absolute Gasteiger partial charge is 0.456 e. The van der Waals surface area contributed by atoms with Crippen LogP contribution in [0.3, 0.4) is 0 Å². The van der Waals surface area contributed by atoms with Crippen LogP contribution in [0.4, 0.5) is 17.1 Å². The second-order valence-electron chi connectivity index (χ2n) is 11.8. The molecule has 0 radical (unpaired) electrons. The first kappa shape index (κ1) is 26.3. The summed E-state index contributed by atoms with van der Waals surface area (Å²) < 4.78 is 6.36. The third-order valence-corrected chi connectivity index (χ3v) is 9.01. The quantitative estimate of drug-likeness (QED) is 0.199. The summed E-state index contributed by atoms with van der Waals surface area (Å²) in [6.07, 6.45) is 0. The zero-order chi connectivity index (χ0) is 30.5. The molecule has 9 aromatic rings. The minimum atomic E-state index is 0.896. The number of hydrogen-bond acceptors (Lipinski definition) is 2. The lowest BCUT2D eigenvalue weighted by molar-refractivity contribution is 0.669. The molecule has 0 aliphatic rings. The zero-order valence-electron chi connectivity index (χ0n) is 25.1. The van der Waals surface area contributed by atoms with Gasteiger partial charge in [0, 0.05) is 27.4 Å². The van der Waals surface area contributed by atoms with E-state index in [9.17, 15) is 0 Å². The third kappa shape index (κ3) is 4.43. The van der Waals surface area contributed by atoms with Crippen LogP contribution in [0.1, 0.15) is 0 Å². The van der Waals surface area contributed by atoms with Gasteiger partial charge in [0.05, 0.1) is 11.4 Å². The number of furan rings is 1. The van der Waals surface area contributed by atoms with Crippen LogP contribution in [0.5, 0.6) is 0 Å². The van der Waals surface area contributed by atoms with E-state index in [2.05, 4.69) is 181 Å². The summed E-state index contributed by atoms with van der Waals surface area (Å²) in [5, 5.41) is 7.06. The van der Waals surface area contributed by atoms with Crippen LogP contribution in [-0.4, -0.2) is 0 Å². The molecule has 0 amide bonds. The molecule has 0 bridgehead atoms. The highest BCUT2D eigenvalue weighted by atomic mass is 16.3. The number of benzene rings is 8. The fourth-order valence-corrected chi connectivity index (χ4v) is 6.81. The zero-order valence-corrected chi connectivity index (χ0v) is 25.1. The maximum absolute atomic E-state index is 6.36. The molecule has 1 aromatic heterocycles. The number of fused-ring (bicyclic) bond motifs is 5. The van der Waals surface area contributed by atoms with E-state index < -0.39 is 0 Å². The summed E-state index contributed by atoms with van der Waals surface area (Å²) >= 11 is 0. The van der Waals surface area contributed by atoms with E-state index in [1.54, 1.807) is 0 Å². The molecular weight excluding hydrogens is 558 g/mol. The maximum Gasteiger partial charge on any atom is 0.136 e. The third-order valence-electron chi connectivity index (χ3n) is 9.01. The second-order valence-corrected chi connectivity index (χ2v) is 11.8. The molecule has 0 unspecified atom stereocenters. The van der Waals surface area contributed by atoms with Gasteiger partial charge in [-0.2, -0.15) is 0 Å². The van der Waals surface area contributed by atoms with Crippen molar-refractivity contribution in [3.05, 3.63) is 176 Å². The minimum absolute atomic E-state index is 0.896. The number of nitrogens with zero attached hydrogens (tertiary/aromatic N) is 1. The normalized spacial score (nSPS) is 11.5. The number of anilines is 3. The van der Waals surface area contributed by atoms with E-state index >= 15 is 0 Å². The van der Waals surface area contributed by atoms with Crippen molar-refractivity contribution in [1.29, 1.82) is 0 Å². The Morgan fingerprint density at radius 3 is 1.89 bits per heavy atom. The molecule has 0 aliphatic heterocycles. The van der Waals surface area contributed by atoms with Crippen LogP contribution in [0.2, 0.25) is 0 Å². The predicted octanol–water partition coefficient (Wildman–Crippen LogP) is 12.7. The Morgan fingerprint density at radius 2 is 1.00 bits per heavy atom. The van der Waals surface area contributed by atoms with Crippen molar-refractivity contribution < 1.29 is 4.42 Å². The topological polar surface area (TPSA) is 16.4 Å². The Morgan fingerprint density at radius 1 is 0.348 bits per heavy atom. The Balaban J connectivity index is 1.27. The van der Waals surface area contributed by atoms with Gasteiger partial charge in [-0.25, -0.2) is 0 Å². The molecule has 0 fully saturated rings. The molecule has 0 atom stereocenters. The van der Waals surface area contributed by atoms with Gasteiger partial charge in [0.25, 0.3) is 0 Å². The van der Waals surface area contributed by atoms with Crippen molar-refractivity contribution in [1.82, 2.24) is 0 Å². The summed E-state index contributed by atoms with van der Waals surface area (Å²) in [5.74, 6) is 0. The smallest absolute Gasteiger partial charge is 0.136 e. The Labute approximate surface area is 267 Å². The fraction of sp³-hybridized carbons (Fsp3) is 0. The average molecular weight is 588 g/mol. The lowest BCUT2D eigenvalue weighted by Gasteiger charge is -2.29. The molecule has 8 aromatic carbocycles. The number of hydrogen-bond donors (Lipinski definition) is 0. The van der Waals surface area contributed by atoms with Gasteiger partial charge in [-0.1, -0.05) is 127 Å². The van der Waals surface area contributed by atoms with Crippen LogP contribution in [0, 0.1) is 0 Å². The Hall–Kier alpha value is -6.12. The molecule has 46 heavy (non-hydrogen) atoms. The van der Waals surface area contributed by atoms with Crippen molar-refractivity contribution in [3.8, 4) is 22.3 Å². The molecule has 9 rings (SSSR count). The second kappa shape index (κ2) is 10.8. The molecule has 0 aliphatic carbocycles. The van der Waals surface area contributed by atoms with Crippen LogP contribution in [0.15, 0.2) is 180 Å². The highest BCUT2D eigenvalue weighted by Crippen LogP contribution is 2.45. The van der Waals surface area contributed by atoms with E-state index in [0.717, 1.165) is 50.1 Å². The average Bonchev–Trinajstić information content (AvgIpc) is 3.48. The van der Waals surface area contributed by atoms with Crippen LogP contribution in [-0.2, 0) is 0 Å². The van der Waals surface area contributed by atoms with Gasteiger partial charge in [0.2, 0.25) is 0 Å². The Bertz CT molecular complexity index is 2540. The van der Waals surface area contributed by atoms with Crippen molar-refractivity contribution in [3.63, 3.8) is 0 Å². The maximum atomic E-state index is 6.36. The summed E-state index contributed by atoms with van der Waals surface area (Å²) in [6.45, 7) is 0. The van der Waals surface area contributed by atoms with E-state index in [4.69, 9.17) is 4.42 Å². The van der Waals surface area contributed by atoms with E-state index in [-0.39, 0.29) is 0 Å². The van der Waals surface area contributed by atoms with Crippen molar-refractivity contribution in [2.75, 3.05) is 4.90 Å². The first-order valence-corrected chi connectivity index (χ1v) is 15.7. The standard InChI is InChI=1S/C44H29NO/c1-2-12-30(13-3-1)32-18-10-19-36(26-32)45(42-23-11-17-31-14-6-7-20-37(31)42)41-22-9-8-21-38(41)35-24-25-43-39(28-35)40-27-33-15-4-5-16-34(33)29-44(40)46-43/h1-29H. The highest BCUT2D eigenvalue weighted by Gasteiger charge is 2.20. The van der Waals surface area contributed by atoms with Gasteiger partial charge >= 0.3 is 0 Å². The molecule has 0 saturated carbocycles. The van der Waals surface area contributed by atoms with Crippen molar-refractivity contribution in [2.45, 2.75) is 0 Å². The molecule has 1 heterocycles. The number of para-hydroxylation sites is 1. The van der Waals surface area contributed by atoms with Crippen LogP contribution in [0.25, 0.3) is 65.7 Å². The molecule has 2 heteroatoms. The van der Waals surface area contributed by atoms with E-state index in [1.807, 2.05) is 0 Å². The molecule has 0 saturated heterocycles. The lowest BCUT2D eigenvalue weighted by Crippen LogP contribution is -2.11. The summed E-state index contributed by atoms with van der Waals surface area (Å²) in [6, 6.07) is 62.8. The molecular formula is C44H29NO. The van der Waals surface area contributed by atoms with Gasteiger partial charge in [0.1, 0.15) is 11.2 Å². The van der Waals surface area contributed by atoms with Gasteiger partial charge in [-0.3, -0.25) is 0 Å². The molecule has 0 spiro atoms. The van der Waals surface area contributed by atoms with Gasteiger partial charge < -0.3 is 9.32 Å². The van der Waals surface area contributed by atoms with E-state index in [1.165, 1.54) is 32.7 Å². The molecule has 216 valence electrons. The summed E-state index contributed by atoms with van der Waals surface area (Å²) in [4.78, 5) is 2.41. The van der Waals surface area contributed by atoms with Gasteiger partial charge in [0.15, 0.2) is 0 Å². The first-order valence-electron chi connectivity index (χ1n) is 15.7. The van der Waals surface area contributed by atoms with E-state index in [0.29, 0.717) is 0 Å². The predicted molar refractivity (Wildman–Crippen MR) is 194 cm³/mol. The molecule has 0 N–H and O–H groups in total. The SMILES string of the molecule is c1ccc(-c2cccc(N(c3ccccc3-c3ccc4oc5cc6ccccc6cc5c4c3)c3cccc4ccccc34)c2)cc1. The lowest BCUT2D eigenvalue weighted by atomic mass is 9.98. The van der Waals surface area contributed by atoms with Crippen LogP contribution < -0.4 is 4.90 Å². The van der Waals surface area contributed by atoms with Crippen molar-refractivity contribution in [2.24, 2.45) is 0 Å². The fourth-order valence-electron chi connectivity index (χ4n) is 6.81. The van der Waals surface area contributed by atoms with Crippen LogP contribution >= 0.6 is 0 Å². The summed E-state index contributed by atoms with van der Waals surface area (Å²) in [5.41, 5.74) is 9.83. The first-order chi connectivity index (χ1) is 22.8. The Kier molecular flexibility index (Phi) is 6.17. The monoisotopic (exact) mass is 587 g/mol.